The Bertz CT molecular complexity index is 972. The summed E-state index contributed by atoms with van der Waals surface area (Å²) in [5.41, 5.74) is 2.99. The highest BCUT2D eigenvalue weighted by Crippen LogP contribution is 2.45. The SMILES string of the molecule is COCCC[C@H]1CN(C2=Nc3cccc(C)c3Nc3sc(C(F)(F)F)cc32)CCN1C. The number of aryl methyl sites for hydroxylation is 1. The minimum absolute atomic E-state index is 0.295. The van der Waals surface area contributed by atoms with Crippen LogP contribution >= 0.6 is 11.3 Å². The van der Waals surface area contributed by atoms with Crippen molar-refractivity contribution in [3.05, 3.63) is 40.3 Å². The second-order valence-corrected chi connectivity index (χ2v) is 9.15. The third-order valence-electron chi connectivity index (χ3n) is 5.93. The molecule has 0 unspecified atom stereocenters. The number of piperazine rings is 1. The van der Waals surface area contributed by atoms with Gasteiger partial charge in [0.15, 0.2) is 0 Å². The van der Waals surface area contributed by atoms with Gasteiger partial charge in [-0.05, 0) is 44.5 Å². The van der Waals surface area contributed by atoms with Crippen molar-refractivity contribution < 1.29 is 17.9 Å². The molecule has 0 radical (unpaired) electrons. The lowest BCUT2D eigenvalue weighted by atomic mass is 10.1. The molecule has 1 aromatic heterocycles. The second kappa shape index (κ2) is 8.80. The summed E-state index contributed by atoms with van der Waals surface area (Å²) in [7, 11) is 3.79. The fourth-order valence-corrected chi connectivity index (χ4v) is 5.07. The van der Waals surface area contributed by atoms with Gasteiger partial charge in [0.25, 0.3) is 0 Å². The molecule has 31 heavy (non-hydrogen) atoms. The molecule has 9 heteroatoms. The molecule has 1 atom stereocenters. The summed E-state index contributed by atoms with van der Waals surface area (Å²) in [6, 6.07) is 7.30. The zero-order chi connectivity index (χ0) is 22.2. The van der Waals surface area contributed by atoms with Crippen molar-refractivity contribution >= 4 is 33.5 Å². The number of aliphatic imine (C=N–C) groups is 1. The third-order valence-corrected chi connectivity index (χ3v) is 7.03. The van der Waals surface area contributed by atoms with Crippen LogP contribution in [0.2, 0.25) is 0 Å². The molecule has 0 aliphatic carbocycles. The largest absolute Gasteiger partial charge is 0.425 e. The van der Waals surface area contributed by atoms with E-state index >= 15 is 0 Å². The maximum Gasteiger partial charge on any atom is 0.425 e. The van der Waals surface area contributed by atoms with Crippen molar-refractivity contribution in [3.8, 4) is 0 Å². The van der Waals surface area contributed by atoms with E-state index in [0.717, 1.165) is 54.2 Å². The van der Waals surface area contributed by atoms with E-state index in [0.29, 0.717) is 35.6 Å². The van der Waals surface area contributed by atoms with Crippen LogP contribution in [0, 0.1) is 6.92 Å². The predicted molar refractivity (Wildman–Crippen MR) is 119 cm³/mol. The average Bonchev–Trinajstić information content (AvgIpc) is 3.07. The van der Waals surface area contributed by atoms with Gasteiger partial charge in [-0.15, -0.1) is 11.3 Å². The molecule has 0 spiro atoms. The average molecular weight is 453 g/mol. The number of methoxy groups -OCH3 is 1. The van der Waals surface area contributed by atoms with Gasteiger partial charge in [-0.1, -0.05) is 12.1 Å². The van der Waals surface area contributed by atoms with Gasteiger partial charge in [0.2, 0.25) is 0 Å². The molecule has 0 amide bonds. The standard InChI is InChI=1S/C22H27F3N4OS/c1-14-6-4-8-17-19(14)27-21-16(12-18(31-21)22(23,24)25)20(26-17)29-10-9-28(2)15(13-29)7-5-11-30-3/h4,6,8,12,15,27H,5,7,9-11,13H2,1-3H3/t15-/m0/s1. The van der Waals surface area contributed by atoms with Crippen LogP contribution in [0.5, 0.6) is 0 Å². The van der Waals surface area contributed by atoms with Crippen molar-refractivity contribution in [1.29, 1.82) is 0 Å². The molecule has 2 aliphatic rings. The number of alkyl halides is 3. The van der Waals surface area contributed by atoms with E-state index in [1.54, 1.807) is 7.11 Å². The van der Waals surface area contributed by atoms with Crippen molar-refractivity contribution in [2.24, 2.45) is 4.99 Å². The molecule has 2 aliphatic heterocycles. The summed E-state index contributed by atoms with van der Waals surface area (Å²) in [4.78, 5) is 8.74. The van der Waals surface area contributed by atoms with E-state index < -0.39 is 11.1 Å². The van der Waals surface area contributed by atoms with Gasteiger partial charge in [0.05, 0.1) is 16.9 Å². The molecule has 2 aromatic rings. The lowest BCUT2D eigenvalue weighted by molar-refractivity contribution is -0.134. The van der Waals surface area contributed by atoms with E-state index in [4.69, 9.17) is 9.73 Å². The normalized spacial score (nSPS) is 19.4. The number of fused-ring (bicyclic) bond motifs is 2. The van der Waals surface area contributed by atoms with E-state index in [1.807, 2.05) is 25.1 Å². The van der Waals surface area contributed by atoms with Crippen molar-refractivity contribution in [1.82, 2.24) is 9.80 Å². The minimum atomic E-state index is -4.39. The van der Waals surface area contributed by atoms with Crippen LogP contribution in [0.15, 0.2) is 29.3 Å². The smallest absolute Gasteiger partial charge is 0.385 e. The van der Waals surface area contributed by atoms with E-state index in [9.17, 15) is 13.2 Å². The van der Waals surface area contributed by atoms with Gasteiger partial charge in [0, 0.05) is 39.4 Å². The number of hydrogen-bond acceptors (Lipinski definition) is 6. The molecule has 1 aromatic carbocycles. The van der Waals surface area contributed by atoms with Crippen molar-refractivity contribution in [3.63, 3.8) is 0 Å². The molecule has 1 fully saturated rings. The predicted octanol–water partition coefficient (Wildman–Crippen LogP) is 5.25. The number of thiophene rings is 1. The number of likely N-dealkylation sites (N-methyl/N-ethyl adjacent to an activating group) is 1. The van der Waals surface area contributed by atoms with Gasteiger partial charge < -0.3 is 15.0 Å². The first kappa shape index (κ1) is 22.1. The van der Waals surface area contributed by atoms with Crippen LogP contribution in [0.3, 0.4) is 0 Å². The molecular weight excluding hydrogens is 425 g/mol. The molecule has 168 valence electrons. The zero-order valence-electron chi connectivity index (χ0n) is 17.9. The number of anilines is 2. The van der Waals surface area contributed by atoms with Crippen LogP contribution in [-0.4, -0.2) is 62.1 Å². The van der Waals surface area contributed by atoms with Crippen LogP contribution < -0.4 is 5.32 Å². The Morgan fingerprint density at radius 2 is 2.10 bits per heavy atom. The molecule has 0 saturated carbocycles. The Labute approximate surface area is 184 Å². The van der Waals surface area contributed by atoms with Crippen molar-refractivity contribution in [2.45, 2.75) is 32.0 Å². The Morgan fingerprint density at radius 1 is 1.29 bits per heavy atom. The first-order chi connectivity index (χ1) is 14.8. The van der Waals surface area contributed by atoms with Crippen LogP contribution in [0.1, 0.15) is 28.8 Å². The summed E-state index contributed by atoms with van der Waals surface area (Å²) < 4.78 is 45.7. The minimum Gasteiger partial charge on any atom is -0.385 e. The number of nitrogens with one attached hydrogen (secondary N) is 1. The second-order valence-electron chi connectivity index (χ2n) is 8.10. The van der Waals surface area contributed by atoms with Gasteiger partial charge >= 0.3 is 6.18 Å². The maximum atomic E-state index is 13.5. The van der Waals surface area contributed by atoms with Gasteiger partial charge in [-0.3, -0.25) is 4.90 Å². The van der Waals surface area contributed by atoms with E-state index in [2.05, 4.69) is 22.2 Å². The summed E-state index contributed by atoms with van der Waals surface area (Å²) >= 11 is 0.743. The summed E-state index contributed by atoms with van der Waals surface area (Å²) in [5.74, 6) is 0.614. The van der Waals surface area contributed by atoms with Crippen LogP contribution in [-0.2, 0) is 10.9 Å². The summed E-state index contributed by atoms with van der Waals surface area (Å²) in [5, 5.41) is 3.74. The lowest BCUT2D eigenvalue weighted by Gasteiger charge is -2.41. The third kappa shape index (κ3) is 4.58. The number of para-hydroxylation sites is 1. The number of hydrogen-bond donors (Lipinski definition) is 1. The van der Waals surface area contributed by atoms with Crippen LogP contribution in [0.4, 0.5) is 29.5 Å². The highest BCUT2D eigenvalue weighted by atomic mass is 32.1. The number of nitrogens with zero attached hydrogens (tertiary/aromatic N) is 3. The van der Waals surface area contributed by atoms with Crippen molar-refractivity contribution in [2.75, 3.05) is 45.7 Å². The van der Waals surface area contributed by atoms with Gasteiger partial charge in [-0.2, -0.15) is 13.2 Å². The molecule has 5 nitrogen and oxygen atoms in total. The maximum absolute atomic E-state index is 13.5. The molecule has 4 rings (SSSR count). The molecular formula is C22H27F3N4OS. The van der Waals surface area contributed by atoms with E-state index in [1.165, 1.54) is 6.07 Å². The number of amidine groups is 1. The number of ether oxygens (including phenoxy) is 1. The first-order valence-electron chi connectivity index (χ1n) is 10.4. The highest BCUT2D eigenvalue weighted by molar-refractivity contribution is 7.16. The number of rotatable bonds is 4. The quantitative estimate of drug-likeness (QED) is 0.643. The summed E-state index contributed by atoms with van der Waals surface area (Å²) in [6.07, 6.45) is -2.48. The Morgan fingerprint density at radius 3 is 2.84 bits per heavy atom. The monoisotopic (exact) mass is 452 g/mol. The number of halogens is 3. The summed E-state index contributed by atoms with van der Waals surface area (Å²) in [6.45, 7) is 4.90. The highest BCUT2D eigenvalue weighted by Gasteiger charge is 2.37. The van der Waals surface area contributed by atoms with Gasteiger partial charge in [0.1, 0.15) is 15.7 Å². The molecule has 3 heterocycles. The van der Waals surface area contributed by atoms with E-state index in [-0.39, 0.29) is 0 Å². The topological polar surface area (TPSA) is 40.1 Å². The lowest BCUT2D eigenvalue weighted by Crippen LogP contribution is -2.53. The molecule has 1 N–H and O–H groups in total. The fourth-order valence-electron chi connectivity index (χ4n) is 4.14. The number of benzene rings is 1. The van der Waals surface area contributed by atoms with Crippen LogP contribution in [0.25, 0.3) is 0 Å². The molecule has 1 saturated heterocycles. The Hall–Kier alpha value is -2.10. The first-order valence-corrected chi connectivity index (χ1v) is 11.2. The fraction of sp³-hybridized carbons (Fsp3) is 0.500. The molecule has 0 bridgehead atoms. The zero-order valence-corrected chi connectivity index (χ0v) is 18.7. The Kier molecular flexibility index (Phi) is 6.27. The van der Waals surface area contributed by atoms with Gasteiger partial charge in [-0.25, -0.2) is 4.99 Å². The Balaban J connectivity index is 1.73.